The maximum absolute atomic E-state index is 15.1. The molecule has 0 spiro atoms. The van der Waals surface area contributed by atoms with E-state index in [1.54, 1.807) is 30.6 Å². The van der Waals surface area contributed by atoms with Gasteiger partial charge in [0.25, 0.3) is 0 Å². The summed E-state index contributed by atoms with van der Waals surface area (Å²) < 4.78 is 34.4. The minimum absolute atomic E-state index is 0.0876. The lowest BCUT2D eigenvalue weighted by Gasteiger charge is -2.09. The van der Waals surface area contributed by atoms with Crippen molar-refractivity contribution in [2.45, 2.75) is 39.0 Å². The van der Waals surface area contributed by atoms with E-state index in [9.17, 15) is 4.39 Å². The van der Waals surface area contributed by atoms with E-state index in [0.717, 1.165) is 35.8 Å². The van der Waals surface area contributed by atoms with Gasteiger partial charge in [-0.1, -0.05) is 61.7 Å². The van der Waals surface area contributed by atoms with E-state index in [-0.39, 0.29) is 10.8 Å². The van der Waals surface area contributed by atoms with Gasteiger partial charge in [0.15, 0.2) is 11.6 Å². The van der Waals surface area contributed by atoms with E-state index in [4.69, 9.17) is 16.3 Å². The fourth-order valence-electron chi connectivity index (χ4n) is 3.73. The molecule has 6 heteroatoms. The number of fused-ring (bicyclic) bond motifs is 1. The first-order chi connectivity index (χ1) is 16.0. The SMILES string of the molecule is CCCCCOc1cnc(-c2ccc3c(F)c(CCc4ccc(Cl)c(F)c4)ccc3c2)nc1. The number of hydrogen-bond donors (Lipinski definition) is 0. The molecule has 33 heavy (non-hydrogen) atoms. The summed E-state index contributed by atoms with van der Waals surface area (Å²) in [4.78, 5) is 8.80. The lowest BCUT2D eigenvalue weighted by atomic mass is 9.99. The van der Waals surface area contributed by atoms with Gasteiger partial charge in [-0.15, -0.1) is 0 Å². The molecule has 3 nitrogen and oxygen atoms in total. The molecule has 0 saturated carbocycles. The largest absolute Gasteiger partial charge is 0.490 e. The van der Waals surface area contributed by atoms with Crippen molar-refractivity contribution in [3.8, 4) is 17.1 Å². The number of halogens is 3. The Kier molecular flexibility index (Phi) is 7.50. The lowest BCUT2D eigenvalue weighted by Crippen LogP contribution is -1.99. The summed E-state index contributed by atoms with van der Waals surface area (Å²) in [6.45, 7) is 2.80. The average Bonchev–Trinajstić information content (AvgIpc) is 2.84. The molecule has 0 unspecified atom stereocenters. The molecule has 0 saturated heterocycles. The van der Waals surface area contributed by atoms with E-state index in [1.165, 1.54) is 12.1 Å². The third-order valence-electron chi connectivity index (χ3n) is 5.60. The highest BCUT2D eigenvalue weighted by atomic mass is 35.5. The topological polar surface area (TPSA) is 35.0 Å². The number of hydrogen-bond acceptors (Lipinski definition) is 3. The number of benzene rings is 3. The molecule has 4 rings (SSSR count). The Morgan fingerprint density at radius 3 is 2.48 bits per heavy atom. The maximum atomic E-state index is 15.1. The van der Waals surface area contributed by atoms with Crippen molar-refractivity contribution in [2.75, 3.05) is 6.61 Å². The Hall–Kier alpha value is -3.05. The van der Waals surface area contributed by atoms with Crippen LogP contribution >= 0.6 is 11.6 Å². The minimum atomic E-state index is -0.459. The lowest BCUT2D eigenvalue weighted by molar-refractivity contribution is 0.304. The van der Waals surface area contributed by atoms with Crippen molar-refractivity contribution >= 4 is 22.4 Å². The zero-order valence-corrected chi connectivity index (χ0v) is 19.2. The fourth-order valence-corrected chi connectivity index (χ4v) is 3.84. The molecular formula is C27H25ClF2N2O. The van der Waals surface area contributed by atoms with Crippen molar-refractivity contribution < 1.29 is 13.5 Å². The summed E-state index contributed by atoms with van der Waals surface area (Å²) in [6.07, 6.45) is 7.61. The Morgan fingerprint density at radius 2 is 1.73 bits per heavy atom. The predicted molar refractivity (Wildman–Crippen MR) is 129 cm³/mol. The second-order valence-corrected chi connectivity index (χ2v) is 8.43. The molecular weight excluding hydrogens is 442 g/mol. The molecule has 0 aliphatic heterocycles. The van der Waals surface area contributed by atoms with Gasteiger partial charge >= 0.3 is 0 Å². The van der Waals surface area contributed by atoms with E-state index >= 15 is 4.39 Å². The molecule has 0 bridgehead atoms. The number of ether oxygens (including phenoxy) is 1. The monoisotopic (exact) mass is 466 g/mol. The van der Waals surface area contributed by atoms with E-state index < -0.39 is 5.82 Å². The fraction of sp³-hybridized carbons (Fsp3) is 0.259. The zero-order chi connectivity index (χ0) is 23.2. The van der Waals surface area contributed by atoms with Crippen molar-refractivity contribution in [2.24, 2.45) is 0 Å². The molecule has 0 fully saturated rings. The zero-order valence-electron chi connectivity index (χ0n) is 18.5. The number of aromatic nitrogens is 2. The smallest absolute Gasteiger partial charge is 0.159 e. The first kappa shape index (κ1) is 23.1. The number of rotatable bonds is 9. The van der Waals surface area contributed by atoms with Crippen LogP contribution in [-0.4, -0.2) is 16.6 Å². The van der Waals surface area contributed by atoms with Gasteiger partial charge in [0.2, 0.25) is 0 Å². The third-order valence-corrected chi connectivity index (χ3v) is 5.91. The van der Waals surface area contributed by atoms with Gasteiger partial charge in [-0.25, -0.2) is 18.7 Å². The molecule has 170 valence electrons. The van der Waals surface area contributed by atoms with Gasteiger partial charge in [-0.05, 0) is 54.0 Å². The first-order valence-corrected chi connectivity index (χ1v) is 11.5. The highest BCUT2D eigenvalue weighted by molar-refractivity contribution is 6.30. The third kappa shape index (κ3) is 5.66. The van der Waals surface area contributed by atoms with Crippen LogP contribution in [0.3, 0.4) is 0 Å². The van der Waals surface area contributed by atoms with E-state index in [1.807, 2.05) is 18.2 Å². The minimum Gasteiger partial charge on any atom is -0.490 e. The molecule has 0 aliphatic rings. The molecule has 0 atom stereocenters. The second-order valence-electron chi connectivity index (χ2n) is 8.02. The van der Waals surface area contributed by atoms with Gasteiger partial charge in [-0.3, -0.25) is 0 Å². The first-order valence-electron chi connectivity index (χ1n) is 11.2. The van der Waals surface area contributed by atoms with Crippen LogP contribution in [0.4, 0.5) is 8.78 Å². The van der Waals surface area contributed by atoms with Crippen LogP contribution in [0.1, 0.15) is 37.3 Å². The summed E-state index contributed by atoms with van der Waals surface area (Å²) in [7, 11) is 0. The van der Waals surface area contributed by atoms with Crippen LogP contribution in [0.5, 0.6) is 5.75 Å². The molecule has 3 aromatic carbocycles. The molecule has 1 heterocycles. The van der Waals surface area contributed by atoms with Crippen molar-refractivity contribution in [3.63, 3.8) is 0 Å². The molecule has 0 amide bonds. The Balaban J connectivity index is 1.47. The summed E-state index contributed by atoms with van der Waals surface area (Å²) in [5.74, 6) is 0.489. The van der Waals surface area contributed by atoms with Gasteiger partial charge in [0, 0.05) is 10.9 Å². The summed E-state index contributed by atoms with van der Waals surface area (Å²) in [6, 6.07) is 13.8. The average molecular weight is 467 g/mol. The molecule has 0 radical (unpaired) electrons. The molecule has 4 aromatic rings. The van der Waals surface area contributed by atoms with Crippen molar-refractivity contribution in [3.05, 3.63) is 88.7 Å². The van der Waals surface area contributed by atoms with Crippen LogP contribution < -0.4 is 4.74 Å². The Labute approximate surface area is 197 Å². The van der Waals surface area contributed by atoms with E-state index in [0.29, 0.717) is 42.0 Å². The Morgan fingerprint density at radius 1 is 0.909 bits per heavy atom. The van der Waals surface area contributed by atoms with Crippen LogP contribution in [0, 0.1) is 11.6 Å². The van der Waals surface area contributed by atoms with Gasteiger partial charge in [-0.2, -0.15) is 0 Å². The van der Waals surface area contributed by atoms with Crippen LogP contribution in [0.15, 0.2) is 60.9 Å². The molecule has 0 N–H and O–H groups in total. The van der Waals surface area contributed by atoms with Crippen molar-refractivity contribution in [1.82, 2.24) is 9.97 Å². The highest BCUT2D eigenvalue weighted by Gasteiger charge is 2.11. The number of aryl methyl sites for hydroxylation is 2. The second kappa shape index (κ2) is 10.7. The van der Waals surface area contributed by atoms with Crippen molar-refractivity contribution in [1.29, 1.82) is 0 Å². The predicted octanol–water partition coefficient (Wildman–Crippen LogP) is 7.58. The summed E-state index contributed by atoms with van der Waals surface area (Å²) in [5.41, 5.74) is 2.18. The number of unbranched alkanes of at least 4 members (excludes halogenated alkanes) is 2. The van der Waals surface area contributed by atoms with Crippen LogP contribution in [0.2, 0.25) is 5.02 Å². The van der Waals surface area contributed by atoms with Gasteiger partial charge in [0.05, 0.1) is 24.0 Å². The summed E-state index contributed by atoms with van der Waals surface area (Å²) >= 11 is 5.73. The summed E-state index contributed by atoms with van der Waals surface area (Å²) in [5, 5.41) is 1.40. The maximum Gasteiger partial charge on any atom is 0.159 e. The molecule has 0 aliphatic carbocycles. The molecule has 1 aromatic heterocycles. The van der Waals surface area contributed by atoms with Crippen LogP contribution in [0.25, 0.3) is 22.2 Å². The van der Waals surface area contributed by atoms with Gasteiger partial charge < -0.3 is 4.74 Å². The van der Waals surface area contributed by atoms with Crippen LogP contribution in [-0.2, 0) is 12.8 Å². The van der Waals surface area contributed by atoms with E-state index in [2.05, 4.69) is 16.9 Å². The quantitative estimate of drug-likeness (QED) is 0.238. The normalized spacial score (nSPS) is 11.2. The highest BCUT2D eigenvalue weighted by Crippen LogP contribution is 2.27. The number of nitrogens with zero attached hydrogens (tertiary/aromatic N) is 2. The standard InChI is InChI=1S/C27H25ClF2N2O/c1-2-3-4-13-33-22-16-31-27(32-17-22)21-10-11-23-20(15-21)9-8-19(26(23)30)7-5-18-6-12-24(28)25(29)14-18/h6,8-12,14-17H,2-5,7,13H2,1H3. The Bertz CT molecular complexity index is 1250. The van der Waals surface area contributed by atoms with Gasteiger partial charge in [0.1, 0.15) is 11.6 Å².